The zero-order valence-corrected chi connectivity index (χ0v) is 9.20. The standard InChI is InChI=1S/C11H12O6/c1-15-10(13)6-4-2-5-7(6)11(14)17-9(5)8(4)16-3-12/h3-9H,2H2,1H3. The van der Waals surface area contributed by atoms with Gasteiger partial charge in [0.2, 0.25) is 0 Å². The minimum atomic E-state index is -0.527. The van der Waals surface area contributed by atoms with Crippen molar-refractivity contribution in [3.05, 3.63) is 0 Å². The number of rotatable bonds is 3. The van der Waals surface area contributed by atoms with Crippen molar-refractivity contribution in [2.24, 2.45) is 23.7 Å². The summed E-state index contributed by atoms with van der Waals surface area (Å²) in [4.78, 5) is 33.9. The molecule has 92 valence electrons. The molecule has 0 amide bonds. The SMILES string of the molecule is COC(=O)C1C2CC3C(OC(=O)C31)C2OC=O. The first-order valence-corrected chi connectivity index (χ1v) is 5.56. The molecule has 2 saturated carbocycles. The van der Waals surface area contributed by atoms with Crippen molar-refractivity contribution in [2.75, 3.05) is 7.11 Å². The molecule has 0 aromatic heterocycles. The Morgan fingerprint density at radius 3 is 2.88 bits per heavy atom. The summed E-state index contributed by atoms with van der Waals surface area (Å²) in [6.07, 6.45) is -0.188. The van der Waals surface area contributed by atoms with Gasteiger partial charge in [-0.25, -0.2) is 0 Å². The molecule has 17 heavy (non-hydrogen) atoms. The maximum absolute atomic E-state index is 11.7. The van der Waals surface area contributed by atoms with Gasteiger partial charge < -0.3 is 14.2 Å². The van der Waals surface area contributed by atoms with Gasteiger partial charge in [-0.1, -0.05) is 0 Å². The Morgan fingerprint density at radius 1 is 1.47 bits per heavy atom. The highest BCUT2D eigenvalue weighted by molar-refractivity contribution is 5.86. The minimum absolute atomic E-state index is 0.0125. The molecule has 3 fully saturated rings. The van der Waals surface area contributed by atoms with Crippen LogP contribution in [0.25, 0.3) is 0 Å². The number of carbonyl (C=O) groups excluding carboxylic acids is 3. The molecule has 2 aliphatic carbocycles. The highest BCUT2D eigenvalue weighted by atomic mass is 16.6. The second kappa shape index (κ2) is 3.45. The highest BCUT2D eigenvalue weighted by Gasteiger charge is 2.69. The number of ether oxygens (including phenoxy) is 3. The first-order valence-electron chi connectivity index (χ1n) is 5.56. The van der Waals surface area contributed by atoms with Crippen LogP contribution >= 0.6 is 0 Å². The molecule has 0 radical (unpaired) electrons. The van der Waals surface area contributed by atoms with Crippen LogP contribution in [0.1, 0.15) is 6.42 Å². The van der Waals surface area contributed by atoms with Crippen LogP contribution in [0.4, 0.5) is 0 Å². The van der Waals surface area contributed by atoms with Crippen molar-refractivity contribution in [3.8, 4) is 0 Å². The van der Waals surface area contributed by atoms with E-state index in [1.54, 1.807) is 0 Å². The molecule has 6 nitrogen and oxygen atoms in total. The van der Waals surface area contributed by atoms with Crippen molar-refractivity contribution in [1.29, 1.82) is 0 Å². The Bertz CT molecular complexity index is 391. The van der Waals surface area contributed by atoms with E-state index in [9.17, 15) is 14.4 Å². The molecule has 3 rings (SSSR count). The molecule has 0 spiro atoms. The maximum Gasteiger partial charge on any atom is 0.310 e. The van der Waals surface area contributed by atoms with Crippen molar-refractivity contribution < 1.29 is 28.6 Å². The third-order valence-corrected chi connectivity index (χ3v) is 4.23. The van der Waals surface area contributed by atoms with E-state index in [0.29, 0.717) is 12.9 Å². The highest BCUT2D eigenvalue weighted by Crippen LogP contribution is 2.58. The van der Waals surface area contributed by atoms with Crippen LogP contribution < -0.4 is 0 Å². The fourth-order valence-electron chi connectivity index (χ4n) is 3.69. The fraction of sp³-hybridized carbons (Fsp3) is 0.727. The molecule has 0 aromatic carbocycles. The molecule has 1 heterocycles. The van der Waals surface area contributed by atoms with Crippen molar-refractivity contribution in [3.63, 3.8) is 0 Å². The van der Waals surface area contributed by atoms with Gasteiger partial charge in [0.15, 0.2) is 0 Å². The molecule has 1 aliphatic heterocycles. The smallest absolute Gasteiger partial charge is 0.310 e. The summed E-state index contributed by atoms with van der Waals surface area (Å²) in [6.45, 7) is 0.348. The monoisotopic (exact) mass is 240 g/mol. The molecule has 3 aliphatic rings. The van der Waals surface area contributed by atoms with E-state index in [1.165, 1.54) is 7.11 Å². The van der Waals surface area contributed by atoms with Crippen LogP contribution in [0.15, 0.2) is 0 Å². The zero-order valence-electron chi connectivity index (χ0n) is 9.20. The van der Waals surface area contributed by atoms with Crippen LogP contribution in [0.5, 0.6) is 0 Å². The number of esters is 2. The lowest BCUT2D eigenvalue weighted by atomic mass is 9.78. The molecule has 6 atom stereocenters. The van der Waals surface area contributed by atoms with Gasteiger partial charge in [-0.3, -0.25) is 14.4 Å². The fourth-order valence-corrected chi connectivity index (χ4v) is 3.69. The van der Waals surface area contributed by atoms with E-state index in [1.807, 2.05) is 0 Å². The third-order valence-electron chi connectivity index (χ3n) is 4.23. The summed E-state index contributed by atoms with van der Waals surface area (Å²) in [7, 11) is 1.29. The Kier molecular flexibility index (Phi) is 2.14. The Balaban J connectivity index is 1.94. The average molecular weight is 240 g/mol. The Morgan fingerprint density at radius 2 is 2.24 bits per heavy atom. The van der Waals surface area contributed by atoms with E-state index in [0.717, 1.165) is 0 Å². The van der Waals surface area contributed by atoms with Gasteiger partial charge in [-0.2, -0.15) is 0 Å². The molecule has 1 saturated heterocycles. The molecule has 6 heteroatoms. The molecule has 6 unspecified atom stereocenters. The first-order chi connectivity index (χ1) is 8.19. The zero-order chi connectivity index (χ0) is 12.2. The second-order valence-electron chi connectivity index (χ2n) is 4.74. The van der Waals surface area contributed by atoms with Crippen molar-refractivity contribution >= 4 is 18.4 Å². The molecular formula is C11H12O6. The predicted octanol–water partition coefficient (Wildman–Crippen LogP) is -0.492. The number of carbonyl (C=O) groups is 3. The maximum atomic E-state index is 11.7. The molecule has 2 bridgehead atoms. The van der Waals surface area contributed by atoms with Gasteiger partial charge in [-0.05, 0) is 6.42 Å². The summed E-state index contributed by atoms with van der Waals surface area (Å²) in [5, 5.41) is 0. The summed E-state index contributed by atoms with van der Waals surface area (Å²) >= 11 is 0. The largest absolute Gasteiger partial charge is 0.469 e. The molecule has 0 N–H and O–H groups in total. The van der Waals surface area contributed by atoms with Crippen LogP contribution in [-0.4, -0.2) is 37.7 Å². The van der Waals surface area contributed by atoms with Crippen LogP contribution in [0, 0.1) is 23.7 Å². The van der Waals surface area contributed by atoms with Crippen LogP contribution in [0.3, 0.4) is 0 Å². The number of fused-ring (bicyclic) bond motifs is 1. The molecular weight excluding hydrogens is 228 g/mol. The van der Waals surface area contributed by atoms with Gasteiger partial charge >= 0.3 is 11.9 Å². The lowest BCUT2D eigenvalue weighted by Gasteiger charge is -2.28. The van der Waals surface area contributed by atoms with Gasteiger partial charge in [0.1, 0.15) is 12.2 Å². The van der Waals surface area contributed by atoms with Gasteiger partial charge in [-0.15, -0.1) is 0 Å². The lowest BCUT2D eigenvalue weighted by Crippen LogP contribution is -2.42. The van der Waals surface area contributed by atoms with Gasteiger partial charge in [0, 0.05) is 11.8 Å². The van der Waals surface area contributed by atoms with E-state index >= 15 is 0 Å². The summed E-state index contributed by atoms with van der Waals surface area (Å²) in [5.41, 5.74) is 0. The Labute approximate surface area is 97.2 Å². The summed E-state index contributed by atoms with van der Waals surface area (Å²) in [6, 6.07) is 0. The van der Waals surface area contributed by atoms with Crippen LogP contribution in [-0.2, 0) is 28.6 Å². The average Bonchev–Trinajstić information content (AvgIpc) is 2.91. The first kappa shape index (κ1) is 10.6. The summed E-state index contributed by atoms with van der Waals surface area (Å²) in [5.74, 6) is -1.89. The predicted molar refractivity (Wildman–Crippen MR) is 51.4 cm³/mol. The quantitative estimate of drug-likeness (QED) is 0.376. The van der Waals surface area contributed by atoms with E-state index in [2.05, 4.69) is 0 Å². The van der Waals surface area contributed by atoms with E-state index in [-0.39, 0.29) is 23.9 Å². The number of methoxy groups -OCH3 is 1. The van der Waals surface area contributed by atoms with Crippen molar-refractivity contribution in [1.82, 2.24) is 0 Å². The minimum Gasteiger partial charge on any atom is -0.469 e. The van der Waals surface area contributed by atoms with Crippen molar-refractivity contribution in [2.45, 2.75) is 18.6 Å². The molecule has 0 aromatic rings. The summed E-state index contributed by atoms with van der Waals surface area (Å²) < 4.78 is 14.9. The van der Waals surface area contributed by atoms with E-state index in [4.69, 9.17) is 14.2 Å². The van der Waals surface area contributed by atoms with E-state index < -0.39 is 23.9 Å². The lowest BCUT2D eigenvalue weighted by molar-refractivity contribution is -0.156. The normalized spacial score (nSPS) is 45.6. The second-order valence-corrected chi connectivity index (χ2v) is 4.74. The number of hydrogen-bond acceptors (Lipinski definition) is 6. The van der Waals surface area contributed by atoms with Gasteiger partial charge in [0.25, 0.3) is 6.47 Å². The number of hydrogen-bond donors (Lipinski definition) is 0. The van der Waals surface area contributed by atoms with Gasteiger partial charge in [0.05, 0.1) is 18.9 Å². The third kappa shape index (κ3) is 1.18. The topological polar surface area (TPSA) is 78.9 Å². The van der Waals surface area contributed by atoms with Crippen LogP contribution in [0.2, 0.25) is 0 Å². The Hall–Kier alpha value is -1.59.